The Hall–Kier alpha value is -3.69. The van der Waals surface area contributed by atoms with E-state index in [1.54, 1.807) is 0 Å². The highest BCUT2D eigenvalue weighted by Crippen LogP contribution is 2.42. The maximum atomic E-state index is 5.19. The van der Waals surface area contributed by atoms with E-state index in [1.165, 1.54) is 21.5 Å². The minimum atomic E-state index is 0.877. The molecule has 5 aromatic carbocycles. The molecule has 3 heteroatoms. The highest BCUT2D eigenvalue weighted by atomic mass is 79.9. The van der Waals surface area contributed by atoms with E-state index >= 15 is 0 Å². The number of aromatic nitrogens is 2. The van der Waals surface area contributed by atoms with Gasteiger partial charge in [0.25, 0.3) is 0 Å². The van der Waals surface area contributed by atoms with E-state index in [0.29, 0.717) is 0 Å². The Kier molecular flexibility index (Phi) is 4.62. The van der Waals surface area contributed by atoms with Gasteiger partial charge in [-0.05, 0) is 37.5 Å². The molecule has 32 heavy (non-hydrogen) atoms. The van der Waals surface area contributed by atoms with Crippen LogP contribution >= 0.6 is 15.9 Å². The van der Waals surface area contributed by atoms with Gasteiger partial charge in [0, 0.05) is 21.2 Å². The van der Waals surface area contributed by atoms with E-state index < -0.39 is 0 Å². The van der Waals surface area contributed by atoms with E-state index in [9.17, 15) is 0 Å². The van der Waals surface area contributed by atoms with Crippen LogP contribution in [0.4, 0.5) is 0 Å². The third kappa shape index (κ3) is 3.05. The predicted octanol–water partition coefficient (Wildman–Crippen LogP) is 8.48. The number of aromatic amines is 1. The lowest BCUT2D eigenvalue weighted by Crippen LogP contribution is -1.89. The summed E-state index contributed by atoms with van der Waals surface area (Å²) in [7, 11) is 0. The van der Waals surface area contributed by atoms with Crippen molar-refractivity contribution in [2.45, 2.75) is 0 Å². The number of fused-ring (bicyclic) bond motifs is 2. The molecule has 0 aliphatic rings. The van der Waals surface area contributed by atoms with Crippen molar-refractivity contribution in [2.75, 3.05) is 0 Å². The third-order valence-corrected chi connectivity index (χ3v) is 6.77. The van der Waals surface area contributed by atoms with E-state index in [-0.39, 0.29) is 0 Å². The van der Waals surface area contributed by atoms with Gasteiger partial charge in [0.2, 0.25) is 0 Å². The molecule has 0 aliphatic carbocycles. The number of imidazole rings is 1. The molecule has 0 unspecified atom stereocenters. The van der Waals surface area contributed by atoms with Crippen LogP contribution in [0.15, 0.2) is 114 Å². The minimum Gasteiger partial charge on any atom is -0.337 e. The monoisotopic (exact) mass is 474 g/mol. The Bertz CT molecular complexity index is 1450. The average Bonchev–Trinajstić information content (AvgIpc) is 3.31. The molecule has 0 saturated carbocycles. The van der Waals surface area contributed by atoms with Crippen molar-refractivity contribution in [1.82, 2.24) is 9.97 Å². The summed E-state index contributed by atoms with van der Waals surface area (Å²) >= 11 is 3.85. The lowest BCUT2D eigenvalue weighted by atomic mass is 9.96. The van der Waals surface area contributed by atoms with Crippen LogP contribution in [0.3, 0.4) is 0 Å². The summed E-state index contributed by atoms with van der Waals surface area (Å²) in [5, 5.41) is 4.71. The smallest absolute Gasteiger partial charge is 0.139 e. The third-order valence-electron chi connectivity index (χ3n) is 5.92. The number of H-pyrrole nitrogens is 1. The van der Waals surface area contributed by atoms with Gasteiger partial charge in [0.05, 0.1) is 11.4 Å². The summed E-state index contributed by atoms with van der Waals surface area (Å²) in [6, 6.07) is 37.8. The first kappa shape index (κ1) is 19.0. The van der Waals surface area contributed by atoms with E-state index in [0.717, 1.165) is 38.4 Å². The van der Waals surface area contributed by atoms with Gasteiger partial charge >= 0.3 is 0 Å². The standard InChI is InChI=1S/C29H19BrN2/c30-26-23-17-9-7-15-21(23)25(22-16-8-10-18-24(22)26)29-31-27(19-11-3-1-4-12-19)28(32-29)20-13-5-2-6-14-20/h1-18H,(H,31,32). The summed E-state index contributed by atoms with van der Waals surface area (Å²) in [5.74, 6) is 0.877. The van der Waals surface area contributed by atoms with Crippen molar-refractivity contribution in [2.24, 2.45) is 0 Å². The summed E-state index contributed by atoms with van der Waals surface area (Å²) in [5.41, 5.74) is 5.33. The fraction of sp³-hybridized carbons (Fsp3) is 0. The largest absolute Gasteiger partial charge is 0.337 e. The van der Waals surface area contributed by atoms with E-state index in [4.69, 9.17) is 4.98 Å². The van der Waals surface area contributed by atoms with Gasteiger partial charge in [0.15, 0.2) is 0 Å². The second kappa shape index (κ2) is 7.77. The van der Waals surface area contributed by atoms with Gasteiger partial charge in [0.1, 0.15) is 5.82 Å². The van der Waals surface area contributed by atoms with Gasteiger partial charge in [-0.1, -0.05) is 109 Å². The number of rotatable bonds is 3. The summed E-state index contributed by atoms with van der Waals surface area (Å²) < 4.78 is 1.12. The Labute approximate surface area is 194 Å². The van der Waals surface area contributed by atoms with Crippen molar-refractivity contribution < 1.29 is 0 Å². The quantitative estimate of drug-likeness (QED) is 0.256. The molecule has 2 nitrogen and oxygen atoms in total. The first-order chi connectivity index (χ1) is 15.8. The predicted molar refractivity (Wildman–Crippen MR) is 138 cm³/mol. The van der Waals surface area contributed by atoms with Crippen LogP contribution in [0, 0.1) is 0 Å². The van der Waals surface area contributed by atoms with E-state index in [1.807, 2.05) is 12.1 Å². The van der Waals surface area contributed by atoms with Crippen molar-refractivity contribution in [3.05, 3.63) is 114 Å². The highest BCUT2D eigenvalue weighted by molar-refractivity contribution is 9.10. The molecule has 0 bridgehead atoms. The molecule has 152 valence electrons. The van der Waals surface area contributed by atoms with Crippen molar-refractivity contribution in [3.8, 4) is 33.9 Å². The molecular weight excluding hydrogens is 456 g/mol. The Balaban J connectivity index is 1.72. The number of nitrogens with zero attached hydrogens (tertiary/aromatic N) is 1. The molecule has 0 aliphatic heterocycles. The normalized spacial score (nSPS) is 11.3. The molecule has 0 fully saturated rings. The van der Waals surface area contributed by atoms with Crippen LogP contribution in [0.5, 0.6) is 0 Å². The number of halogens is 1. The molecule has 1 aromatic heterocycles. The van der Waals surface area contributed by atoms with Crippen molar-refractivity contribution in [3.63, 3.8) is 0 Å². The summed E-state index contributed by atoms with van der Waals surface area (Å²) in [6.07, 6.45) is 0. The number of benzene rings is 5. The minimum absolute atomic E-state index is 0.877. The second-order valence-corrected chi connectivity index (χ2v) is 8.61. The fourth-order valence-electron chi connectivity index (χ4n) is 4.44. The molecule has 0 spiro atoms. The maximum absolute atomic E-state index is 5.19. The fourth-order valence-corrected chi connectivity index (χ4v) is 5.13. The molecule has 0 amide bonds. The summed E-state index contributed by atoms with van der Waals surface area (Å²) in [6.45, 7) is 0. The van der Waals surface area contributed by atoms with Crippen LogP contribution in [-0.2, 0) is 0 Å². The topological polar surface area (TPSA) is 28.7 Å². The first-order valence-corrected chi connectivity index (χ1v) is 11.4. The maximum Gasteiger partial charge on any atom is 0.139 e. The molecule has 1 N–H and O–H groups in total. The van der Waals surface area contributed by atoms with Gasteiger partial charge in [-0.25, -0.2) is 4.98 Å². The zero-order chi connectivity index (χ0) is 21.5. The van der Waals surface area contributed by atoms with Gasteiger partial charge in [-0.2, -0.15) is 0 Å². The number of nitrogens with one attached hydrogen (secondary N) is 1. The Morgan fingerprint density at radius 1 is 0.531 bits per heavy atom. The molecule has 0 saturated heterocycles. The van der Waals surface area contributed by atoms with Crippen LogP contribution in [0.2, 0.25) is 0 Å². The molecule has 0 atom stereocenters. The van der Waals surface area contributed by atoms with Crippen LogP contribution in [0.1, 0.15) is 0 Å². The van der Waals surface area contributed by atoms with Crippen LogP contribution in [-0.4, -0.2) is 9.97 Å². The van der Waals surface area contributed by atoms with Crippen LogP contribution in [0.25, 0.3) is 55.4 Å². The van der Waals surface area contributed by atoms with Crippen LogP contribution < -0.4 is 0 Å². The average molecular weight is 475 g/mol. The molecule has 6 aromatic rings. The molecule has 6 rings (SSSR count). The lowest BCUT2D eigenvalue weighted by Gasteiger charge is -2.12. The zero-order valence-corrected chi connectivity index (χ0v) is 18.8. The zero-order valence-electron chi connectivity index (χ0n) is 17.2. The molecule has 0 radical (unpaired) electrons. The summed E-state index contributed by atoms with van der Waals surface area (Å²) in [4.78, 5) is 8.88. The second-order valence-electron chi connectivity index (χ2n) is 7.82. The van der Waals surface area contributed by atoms with Crippen molar-refractivity contribution in [1.29, 1.82) is 0 Å². The Morgan fingerprint density at radius 3 is 1.56 bits per heavy atom. The number of hydrogen-bond donors (Lipinski definition) is 1. The van der Waals surface area contributed by atoms with Gasteiger partial charge in [-0.3, -0.25) is 0 Å². The Morgan fingerprint density at radius 2 is 1.00 bits per heavy atom. The van der Waals surface area contributed by atoms with Crippen molar-refractivity contribution >= 4 is 37.5 Å². The molecular formula is C29H19BrN2. The van der Waals surface area contributed by atoms with Gasteiger partial charge in [-0.15, -0.1) is 0 Å². The van der Waals surface area contributed by atoms with E-state index in [2.05, 4.69) is 118 Å². The highest BCUT2D eigenvalue weighted by Gasteiger charge is 2.20. The SMILES string of the molecule is Brc1c2ccccc2c(-c2nc(-c3ccccc3)c(-c3ccccc3)[nH]2)c2ccccc12. The first-order valence-electron chi connectivity index (χ1n) is 10.6. The molecule has 1 heterocycles. The number of hydrogen-bond acceptors (Lipinski definition) is 1. The van der Waals surface area contributed by atoms with Gasteiger partial charge < -0.3 is 4.98 Å². The lowest BCUT2D eigenvalue weighted by molar-refractivity contribution is 1.32.